The summed E-state index contributed by atoms with van der Waals surface area (Å²) in [6.07, 6.45) is 5.00. The molecule has 0 bridgehead atoms. The summed E-state index contributed by atoms with van der Waals surface area (Å²) in [7, 11) is 0. The number of hydrogen-bond acceptors (Lipinski definition) is 0. The van der Waals surface area contributed by atoms with Gasteiger partial charge in [0.15, 0.2) is 0 Å². The van der Waals surface area contributed by atoms with Gasteiger partial charge >= 0.3 is 29.6 Å². The fourth-order valence-electron chi connectivity index (χ4n) is 0. The predicted molar refractivity (Wildman–Crippen MR) is 13.5 cm³/mol. The van der Waals surface area contributed by atoms with Crippen molar-refractivity contribution in [1.29, 1.82) is 0 Å². The summed E-state index contributed by atoms with van der Waals surface area (Å²) in [6, 6.07) is 0. The van der Waals surface area contributed by atoms with E-state index in [-0.39, 0.29) is 29.6 Å². The van der Waals surface area contributed by atoms with Crippen LogP contribution in [-0.2, 0) is 0 Å². The Morgan fingerprint density at radius 2 is 1.50 bits per heavy atom. The zero-order valence-electron chi connectivity index (χ0n) is 2.99. The molecular weight excluding hydrogens is 59.0 g/mol. The van der Waals surface area contributed by atoms with E-state index >= 15 is 0 Å². The Morgan fingerprint density at radius 1 is 1.25 bits per heavy atom. The van der Waals surface area contributed by atoms with Crippen molar-refractivity contribution in [2.24, 2.45) is 0 Å². The van der Waals surface area contributed by atoms with Crippen LogP contribution in [0.1, 0.15) is 12.8 Å². The van der Waals surface area contributed by atoms with E-state index in [0.29, 0.717) is 0 Å². The van der Waals surface area contributed by atoms with Gasteiger partial charge in [0.05, 0.1) is 0 Å². The zero-order chi connectivity index (χ0) is 2.12. The van der Waals surface area contributed by atoms with Crippen LogP contribution in [0.15, 0.2) is 0 Å². The van der Waals surface area contributed by atoms with E-state index in [1.807, 2.05) is 0 Å². The summed E-state index contributed by atoms with van der Waals surface area (Å²) in [4.78, 5) is 0. The first-order chi connectivity index (χ1) is 1.50. The molecule has 0 aromatic carbocycles. The minimum absolute atomic E-state index is 0. The first kappa shape index (κ1) is 5.00. The van der Waals surface area contributed by atoms with Gasteiger partial charge in [-0.25, -0.2) is 12.8 Å². The molecule has 0 N–H and O–H groups in total. The second-order valence-corrected chi connectivity index (χ2v) is 0.866. The van der Waals surface area contributed by atoms with Gasteiger partial charge < -0.3 is 6.42 Å². The third-order valence-electron chi connectivity index (χ3n) is 0.289. The topological polar surface area (TPSA) is 0 Å². The molecule has 0 aromatic rings. The fourth-order valence-corrected chi connectivity index (χ4v) is 0. The smallest absolute Gasteiger partial charge is 0.333 e. The minimum Gasteiger partial charge on any atom is -0.333 e. The minimum atomic E-state index is 0. The maximum Gasteiger partial charge on any atom is 1.00 e. The molecule has 0 unspecified atom stereocenters. The van der Waals surface area contributed by atoms with Crippen LogP contribution in [0.25, 0.3) is 0 Å². The van der Waals surface area contributed by atoms with Crippen LogP contribution in [0.2, 0.25) is 0 Å². The van der Waals surface area contributed by atoms with Crippen molar-refractivity contribution in [3.63, 3.8) is 0 Å². The van der Waals surface area contributed by atoms with Crippen LogP contribution in [0.3, 0.4) is 0 Å². The molecule has 18 valence electrons. The van der Waals surface area contributed by atoms with Crippen LogP contribution in [-0.4, -0.2) is 0 Å². The van der Waals surface area contributed by atoms with Gasteiger partial charge in [-0.2, -0.15) is 0 Å². The summed E-state index contributed by atoms with van der Waals surface area (Å²) < 4.78 is 0. The van der Waals surface area contributed by atoms with Crippen LogP contribution in [0.4, 0.5) is 0 Å². The quantitative estimate of drug-likeness (QED) is 0.225. The molecule has 4 heavy (non-hydrogen) atoms. The van der Waals surface area contributed by atoms with Crippen LogP contribution < -0.4 is 29.6 Å². The molecule has 0 atom stereocenters. The third kappa shape index (κ3) is 3.00. The van der Waals surface area contributed by atoms with Crippen molar-refractivity contribution in [1.82, 2.24) is 0 Å². The maximum atomic E-state index is 2.25. The van der Waals surface area contributed by atoms with Gasteiger partial charge in [0.2, 0.25) is 0 Å². The Balaban J connectivity index is 0.0000000900. The molecular formula is C3H5Na. The fraction of sp³-hybridized carbons (Fsp3) is 0.667. The SMILES string of the molecule is [CH-]1CC1.[Na+]. The van der Waals surface area contributed by atoms with Crippen molar-refractivity contribution in [3.8, 4) is 0 Å². The Morgan fingerprint density at radius 3 is 1.50 bits per heavy atom. The first-order valence-corrected chi connectivity index (χ1v) is 1.32. The summed E-state index contributed by atoms with van der Waals surface area (Å²) in [5.74, 6) is 0. The normalized spacial score (nSPS) is 18.0. The predicted octanol–water partition coefficient (Wildman–Crippen LogP) is -2.01. The van der Waals surface area contributed by atoms with E-state index in [1.54, 1.807) is 0 Å². The average Bonchev–Trinajstić information content (AvgIpc) is 1.46. The zero-order valence-corrected chi connectivity index (χ0v) is 4.99. The number of rotatable bonds is 0. The van der Waals surface area contributed by atoms with E-state index in [9.17, 15) is 0 Å². The molecule has 1 aliphatic carbocycles. The van der Waals surface area contributed by atoms with Gasteiger partial charge in [-0.05, 0) is 0 Å². The molecule has 0 saturated heterocycles. The molecule has 1 heteroatoms. The first-order valence-electron chi connectivity index (χ1n) is 1.32. The van der Waals surface area contributed by atoms with Gasteiger partial charge in [0.1, 0.15) is 0 Å². The van der Waals surface area contributed by atoms with Gasteiger partial charge in [-0.1, -0.05) is 0 Å². The van der Waals surface area contributed by atoms with E-state index in [4.69, 9.17) is 0 Å². The Bertz CT molecular complexity index is 8.00. The van der Waals surface area contributed by atoms with Gasteiger partial charge in [-0.3, -0.25) is 0 Å². The van der Waals surface area contributed by atoms with Crippen molar-refractivity contribution >= 4 is 0 Å². The van der Waals surface area contributed by atoms with Crippen molar-refractivity contribution in [3.05, 3.63) is 6.42 Å². The van der Waals surface area contributed by atoms with Crippen molar-refractivity contribution in [2.45, 2.75) is 12.8 Å². The largest absolute Gasteiger partial charge is 1.00 e. The van der Waals surface area contributed by atoms with E-state index in [2.05, 4.69) is 6.42 Å². The second-order valence-electron chi connectivity index (χ2n) is 0.866. The van der Waals surface area contributed by atoms with Crippen LogP contribution in [0.5, 0.6) is 0 Å². The number of hydrogen-bond donors (Lipinski definition) is 0. The Hall–Kier alpha value is 1.00. The molecule has 0 aromatic heterocycles. The maximum absolute atomic E-state index is 2.25. The van der Waals surface area contributed by atoms with E-state index in [0.717, 1.165) is 0 Å². The van der Waals surface area contributed by atoms with Gasteiger partial charge in [0.25, 0.3) is 0 Å². The molecule has 0 radical (unpaired) electrons. The molecule has 1 aliphatic rings. The van der Waals surface area contributed by atoms with Crippen LogP contribution >= 0.6 is 0 Å². The molecule has 0 spiro atoms. The molecule has 1 rings (SSSR count). The van der Waals surface area contributed by atoms with Crippen molar-refractivity contribution in [2.75, 3.05) is 0 Å². The van der Waals surface area contributed by atoms with Gasteiger partial charge in [0, 0.05) is 0 Å². The molecule has 0 nitrogen and oxygen atoms in total. The molecule has 0 amide bonds. The molecule has 1 saturated carbocycles. The third-order valence-corrected chi connectivity index (χ3v) is 0.289. The monoisotopic (exact) mass is 64.0 g/mol. The summed E-state index contributed by atoms with van der Waals surface area (Å²) in [5, 5.41) is 0. The van der Waals surface area contributed by atoms with E-state index in [1.165, 1.54) is 12.8 Å². The van der Waals surface area contributed by atoms with E-state index < -0.39 is 0 Å². The standard InChI is InChI=1S/C3H5.Na/c1-2-3-1;/h1H,2-3H2;/q-1;+1. The summed E-state index contributed by atoms with van der Waals surface area (Å²) in [5.41, 5.74) is 0. The molecule has 0 heterocycles. The second kappa shape index (κ2) is 2.25. The van der Waals surface area contributed by atoms with Crippen molar-refractivity contribution < 1.29 is 29.6 Å². The Labute approximate surface area is 48.9 Å². The van der Waals surface area contributed by atoms with Crippen LogP contribution in [0, 0.1) is 6.42 Å². The summed E-state index contributed by atoms with van der Waals surface area (Å²) in [6.45, 7) is 0. The van der Waals surface area contributed by atoms with Gasteiger partial charge in [-0.15, -0.1) is 0 Å². The molecule has 1 fully saturated rings. The Kier molecular flexibility index (Phi) is 2.81. The average molecular weight is 64.1 g/mol. The molecule has 0 aliphatic heterocycles. The summed E-state index contributed by atoms with van der Waals surface area (Å²) >= 11 is 0.